The summed E-state index contributed by atoms with van der Waals surface area (Å²) in [4.78, 5) is 20.7. The summed E-state index contributed by atoms with van der Waals surface area (Å²) >= 11 is 0. The van der Waals surface area contributed by atoms with Crippen LogP contribution in [0.15, 0.2) is 55.1 Å². The summed E-state index contributed by atoms with van der Waals surface area (Å²) in [5.41, 5.74) is 3.85. The largest absolute Gasteiger partial charge is 0.366 e. The summed E-state index contributed by atoms with van der Waals surface area (Å²) in [7, 11) is 0. The van der Waals surface area contributed by atoms with Gasteiger partial charge in [-0.2, -0.15) is 0 Å². The number of anilines is 1. The quantitative estimate of drug-likeness (QED) is 0.603. The second-order valence-electron chi connectivity index (χ2n) is 5.50. The molecule has 0 atom stereocenters. The van der Waals surface area contributed by atoms with Crippen molar-refractivity contribution in [3.05, 3.63) is 66.5 Å². The van der Waals surface area contributed by atoms with Crippen LogP contribution in [0, 0.1) is 6.92 Å². The van der Waals surface area contributed by atoms with Crippen LogP contribution in [0.4, 0.5) is 5.82 Å². The monoisotopic (exact) mass is 316 g/mol. The fourth-order valence-electron chi connectivity index (χ4n) is 2.64. The minimum atomic E-state index is 0.662. The van der Waals surface area contributed by atoms with E-state index in [2.05, 4.69) is 30.2 Å². The van der Waals surface area contributed by atoms with E-state index >= 15 is 0 Å². The van der Waals surface area contributed by atoms with Crippen LogP contribution < -0.4 is 5.32 Å². The number of hydrogen-bond donors (Lipinski definition) is 2. The maximum Gasteiger partial charge on any atom is 0.140 e. The summed E-state index contributed by atoms with van der Waals surface area (Å²) in [6.07, 6.45) is 7.27. The van der Waals surface area contributed by atoms with Gasteiger partial charge in [-0.3, -0.25) is 4.98 Å². The van der Waals surface area contributed by atoms with Crippen LogP contribution in [0.1, 0.15) is 11.4 Å². The Morgan fingerprint density at radius 3 is 2.92 bits per heavy atom. The van der Waals surface area contributed by atoms with Crippen LogP contribution >= 0.6 is 0 Å². The van der Waals surface area contributed by atoms with E-state index in [0.29, 0.717) is 6.54 Å². The molecule has 0 aliphatic heterocycles. The molecule has 0 spiro atoms. The van der Waals surface area contributed by atoms with Gasteiger partial charge in [0.15, 0.2) is 0 Å². The lowest BCUT2D eigenvalue weighted by Crippen LogP contribution is -2.02. The zero-order valence-electron chi connectivity index (χ0n) is 13.2. The number of hydrogen-bond acceptors (Lipinski definition) is 5. The summed E-state index contributed by atoms with van der Waals surface area (Å²) in [6, 6.07) is 9.91. The first kappa shape index (κ1) is 14.3. The molecule has 0 saturated heterocycles. The smallest absolute Gasteiger partial charge is 0.140 e. The molecule has 2 N–H and O–H groups in total. The van der Waals surface area contributed by atoms with Gasteiger partial charge in [-0.15, -0.1) is 0 Å². The Hall–Kier alpha value is -3.28. The molecule has 4 rings (SSSR count). The Balaban J connectivity index is 1.72. The van der Waals surface area contributed by atoms with Crippen LogP contribution in [0.3, 0.4) is 0 Å². The third kappa shape index (κ3) is 2.81. The third-order valence-corrected chi connectivity index (χ3v) is 3.78. The highest BCUT2D eigenvalue weighted by Gasteiger charge is 2.10. The maximum atomic E-state index is 4.63. The van der Waals surface area contributed by atoms with Crippen molar-refractivity contribution in [1.29, 1.82) is 0 Å². The molecule has 0 fully saturated rings. The highest BCUT2D eigenvalue weighted by atomic mass is 15.0. The van der Waals surface area contributed by atoms with E-state index in [1.807, 2.05) is 49.6 Å². The molecule has 0 aliphatic rings. The van der Waals surface area contributed by atoms with Gasteiger partial charge >= 0.3 is 0 Å². The highest BCUT2D eigenvalue weighted by molar-refractivity contribution is 5.93. The molecule has 0 aromatic carbocycles. The van der Waals surface area contributed by atoms with Crippen molar-refractivity contribution in [2.45, 2.75) is 13.5 Å². The minimum Gasteiger partial charge on any atom is -0.366 e. The summed E-state index contributed by atoms with van der Waals surface area (Å²) in [6.45, 7) is 2.55. The van der Waals surface area contributed by atoms with Crippen molar-refractivity contribution < 1.29 is 0 Å². The second kappa shape index (κ2) is 6.08. The zero-order valence-corrected chi connectivity index (χ0v) is 13.2. The van der Waals surface area contributed by atoms with Gasteiger partial charge in [-0.05, 0) is 36.8 Å². The Labute approximate surface area is 139 Å². The van der Waals surface area contributed by atoms with Crippen LogP contribution in [0.5, 0.6) is 0 Å². The van der Waals surface area contributed by atoms with Gasteiger partial charge in [0.1, 0.15) is 17.3 Å². The van der Waals surface area contributed by atoms with E-state index in [4.69, 9.17) is 0 Å². The molecule has 24 heavy (non-hydrogen) atoms. The van der Waals surface area contributed by atoms with Gasteiger partial charge in [-0.1, -0.05) is 6.07 Å². The fourth-order valence-corrected chi connectivity index (χ4v) is 2.64. The van der Waals surface area contributed by atoms with Crippen LogP contribution in [-0.2, 0) is 6.54 Å². The number of pyridine rings is 2. The lowest BCUT2D eigenvalue weighted by molar-refractivity contribution is 1.06. The Morgan fingerprint density at radius 2 is 2.08 bits per heavy atom. The van der Waals surface area contributed by atoms with Crippen molar-refractivity contribution in [1.82, 2.24) is 24.9 Å². The normalized spacial score (nSPS) is 10.9. The van der Waals surface area contributed by atoms with Crippen LogP contribution in [0.2, 0.25) is 0 Å². The van der Waals surface area contributed by atoms with Crippen LogP contribution in [0.25, 0.3) is 22.3 Å². The van der Waals surface area contributed by atoms with Crippen molar-refractivity contribution >= 4 is 16.9 Å². The standard InChI is InChI=1S/C18H16N6/c1-12-20-8-5-16(23-12)15-9-17(24-18-14(15)4-7-21-18)22-11-13-3-2-6-19-10-13/h2-10H,11H2,1H3,(H2,21,22,24). The Bertz CT molecular complexity index is 977. The number of nitrogens with one attached hydrogen (secondary N) is 2. The van der Waals surface area contributed by atoms with E-state index in [0.717, 1.165) is 39.5 Å². The summed E-state index contributed by atoms with van der Waals surface area (Å²) in [5, 5.41) is 4.39. The van der Waals surface area contributed by atoms with Gasteiger partial charge in [0, 0.05) is 42.3 Å². The first-order chi connectivity index (χ1) is 11.8. The average Bonchev–Trinajstić information content (AvgIpc) is 3.08. The predicted octanol–water partition coefficient (Wildman–Crippen LogP) is 3.34. The van der Waals surface area contributed by atoms with Crippen LogP contribution in [-0.4, -0.2) is 24.9 Å². The molecule has 0 saturated carbocycles. The van der Waals surface area contributed by atoms with Gasteiger partial charge in [-0.25, -0.2) is 15.0 Å². The third-order valence-electron chi connectivity index (χ3n) is 3.78. The lowest BCUT2D eigenvalue weighted by Gasteiger charge is -2.09. The molecule has 0 bridgehead atoms. The number of rotatable bonds is 4. The van der Waals surface area contributed by atoms with Crippen molar-refractivity contribution in [3.8, 4) is 11.3 Å². The molecule has 0 amide bonds. The lowest BCUT2D eigenvalue weighted by atomic mass is 10.1. The molecular weight excluding hydrogens is 300 g/mol. The average molecular weight is 316 g/mol. The molecule has 0 radical (unpaired) electrons. The highest BCUT2D eigenvalue weighted by Crippen LogP contribution is 2.28. The van der Waals surface area contributed by atoms with Gasteiger partial charge in [0.25, 0.3) is 0 Å². The summed E-state index contributed by atoms with van der Waals surface area (Å²) < 4.78 is 0. The second-order valence-corrected chi connectivity index (χ2v) is 5.50. The fraction of sp³-hybridized carbons (Fsp3) is 0.111. The van der Waals surface area contributed by atoms with Gasteiger partial charge in [0.05, 0.1) is 5.69 Å². The number of aryl methyl sites for hydroxylation is 1. The number of fused-ring (bicyclic) bond motifs is 1. The molecule has 6 nitrogen and oxygen atoms in total. The van der Waals surface area contributed by atoms with E-state index in [1.165, 1.54) is 0 Å². The minimum absolute atomic E-state index is 0.662. The molecule has 4 heterocycles. The molecule has 118 valence electrons. The zero-order chi connectivity index (χ0) is 16.4. The van der Waals surface area contributed by atoms with Crippen molar-refractivity contribution in [2.24, 2.45) is 0 Å². The molecule has 6 heteroatoms. The number of aromatic amines is 1. The first-order valence-electron chi connectivity index (χ1n) is 7.70. The molecule has 4 aromatic heterocycles. The van der Waals surface area contributed by atoms with Gasteiger partial charge in [0.2, 0.25) is 0 Å². The van der Waals surface area contributed by atoms with E-state index in [1.54, 1.807) is 12.4 Å². The maximum absolute atomic E-state index is 4.63. The van der Waals surface area contributed by atoms with Gasteiger partial charge < -0.3 is 10.3 Å². The van der Waals surface area contributed by atoms with E-state index in [9.17, 15) is 0 Å². The van der Waals surface area contributed by atoms with E-state index in [-0.39, 0.29) is 0 Å². The van der Waals surface area contributed by atoms with Crippen molar-refractivity contribution in [2.75, 3.05) is 5.32 Å². The summed E-state index contributed by atoms with van der Waals surface area (Å²) in [5.74, 6) is 1.54. The topological polar surface area (TPSA) is 79.4 Å². The molecular formula is C18H16N6. The molecule has 0 aliphatic carbocycles. The number of nitrogens with zero attached hydrogens (tertiary/aromatic N) is 4. The van der Waals surface area contributed by atoms with E-state index < -0.39 is 0 Å². The Kier molecular flexibility index (Phi) is 3.63. The molecule has 0 unspecified atom stereocenters. The predicted molar refractivity (Wildman–Crippen MR) is 93.4 cm³/mol. The SMILES string of the molecule is Cc1nccc(-c2cc(NCc3cccnc3)nc3[nH]ccc23)n1. The van der Waals surface area contributed by atoms with Crippen molar-refractivity contribution in [3.63, 3.8) is 0 Å². The Morgan fingerprint density at radius 1 is 1.12 bits per heavy atom. The number of H-pyrrole nitrogens is 1. The first-order valence-corrected chi connectivity index (χ1v) is 7.70. The number of aromatic nitrogens is 5. The molecule has 4 aromatic rings.